The van der Waals surface area contributed by atoms with Crippen LogP contribution in [0.2, 0.25) is 0 Å². The third-order valence-electron chi connectivity index (χ3n) is 2.36. The molecule has 0 radical (unpaired) electrons. The zero-order valence-electron chi connectivity index (χ0n) is 9.74. The molecule has 0 amide bonds. The Balaban J connectivity index is 2.49. The lowest BCUT2D eigenvalue weighted by molar-refractivity contribution is 0.567. The number of nitrogens with zero attached hydrogens (tertiary/aromatic N) is 6. The van der Waals surface area contributed by atoms with Crippen LogP contribution in [-0.2, 0) is 6.54 Å². The molecule has 0 fully saturated rings. The molecule has 1 heterocycles. The molecule has 7 nitrogen and oxygen atoms in total. The monoisotopic (exact) mass is 233 g/mol. The fourth-order valence-corrected chi connectivity index (χ4v) is 1.49. The van der Waals surface area contributed by atoms with E-state index in [9.17, 15) is 0 Å². The molecular weight excluding hydrogens is 218 g/mol. The highest BCUT2D eigenvalue weighted by Gasteiger charge is 2.13. The summed E-state index contributed by atoms with van der Waals surface area (Å²) in [6.07, 6.45) is 4.11. The molecule has 0 saturated carbocycles. The maximum Gasteiger partial charge on any atom is 0.138 e. The van der Waals surface area contributed by atoms with Gasteiger partial charge in [-0.05, 0) is 25.4 Å². The van der Waals surface area contributed by atoms with Gasteiger partial charge in [0.2, 0.25) is 0 Å². The minimum Gasteiger partial charge on any atom is -0.333 e. The smallest absolute Gasteiger partial charge is 0.138 e. The summed E-state index contributed by atoms with van der Waals surface area (Å²) < 4.78 is 1.92. The quantitative estimate of drug-likeness (QED) is 0.336. The average molecular weight is 233 g/mol. The van der Waals surface area contributed by atoms with E-state index in [0.29, 0.717) is 19.5 Å². The first-order chi connectivity index (χ1) is 8.33. The van der Waals surface area contributed by atoms with Crippen molar-refractivity contribution in [3.8, 4) is 6.07 Å². The number of nitriles is 1. The number of imidazole rings is 1. The van der Waals surface area contributed by atoms with E-state index in [1.807, 2.05) is 11.5 Å². The first-order valence-corrected chi connectivity index (χ1v) is 5.47. The lowest BCUT2D eigenvalue weighted by atomic mass is 10.2. The highest BCUT2D eigenvalue weighted by atomic mass is 15.1. The topological polar surface area (TPSA) is 102 Å². The number of rotatable bonds is 7. The first kappa shape index (κ1) is 13.0. The molecular formula is C10H15N7. The van der Waals surface area contributed by atoms with Crippen molar-refractivity contribution in [2.75, 3.05) is 13.1 Å². The number of aryl methyl sites for hydroxylation is 1. The minimum atomic E-state index is -0.372. The van der Waals surface area contributed by atoms with Crippen LogP contribution in [0.3, 0.4) is 0 Å². The number of azide groups is 1. The Labute approximate surface area is 99.7 Å². The van der Waals surface area contributed by atoms with Gasteiger partial charge in [-0.25, -0.2) is 4.98 Å². The first-order valence-electron chi connectivity index (χ1n) is 5.47. The molecule has 0 spiro atoms. The van der Waals surface area contributed by atoms with Gasteiger partial charge in [-0.1, -0.05) is 5.11 Å². The Bertz CT molecular complexity index is 424. The van der Waals surface area contributed by atoms with Crippen LogP contribution in [0.1, 0.15) is 25.1 Å². The maximum absolute atomic E-state index is 9.08. The largest absolute Gasteiger partial charge is 0.333 e. The van der Waals surface area contributed by atoms with Crippen LogP contribution in [-0.4, -0.2) is 22.6 Å². The van der Waals surface area contributed by atoms with Crippen molar-refractivity contribution in [1.29, 1.82) is 5.26 Å². The highest BCUT2D eigenvalue weighted by molar-refractivity contribution is 5.13. The summed E-state index contributed by atoms with van der Waals surface area (Å²) in [5.41, 5.74) is 8.97. The van der Waals surface area contributed by atoms with Gasteiger partial charge in [-0.15, -0.1) is 0 Å². The second-order valence-corrected chi connectivity index (χ2v) is 3.43. The van der Waals surface area contributed by atoms with Crippen molar-refractivity contribution in [2.24, 2.45) is 5.11 Å². The van der Waals surface area contributed by atoms with Gasteiger partial charge in [0.05, 0.1) is 24.3 Å². The lowest BCUT2D eigenvalue weighted by Crippen LogP contribution is -2.23. The van der Waals surface area contributed by atoms with Gasteiger partial charge in [-0.2, -0.15) is 5.26 Å². The molecule has 1 rings (SSSR count). The zero-order valence-corrected chi connectivity index (χ0v) is 9.74. The van der Waals surface area contributed by atoms with E-state index < -0.39 is 0 Å². The molecule has 1 atom stereocenters. The summed E-state index contributed by atoms with van der Waals surface area (Å²) in [5, 5.41) is 15.6. The molecule has 1 aromatic rings. The molecule has 0 aliphatic rings. The SMILES string of the molecule is CCn1cncc1C(C#N)NCCCN=[N+]=[N-]. The van der Waals surface area contributed by atoms with Crippen molar-refractivity contribution in [3.63, 3.8) is 0 Å². The molecule has 1 N–H and O–H groups in total. The Morgan fingerprint density at radius 2 is 2.59 bits per heavy atom. The highest BCUT2D eigenvalue weighted by Crippen LogP contribution is 2.11. The van der Waals surface area contributed by atoms with Crippen LogP contribution in [0.25, 0.3) is 10.4 Å². The van der Waals surface area contributed by atoms with E-state index in [4.69, 9.17) is 10.8 Å². The van der Waals surface area contributed by atoms with E-state index in [1.165, 1.54) is 0 Å². The normalized spacial score (nSPS) is 11.5. The molecule has 1 aromatic heterocycles. The minimum absolute atomic E-state index is 0.372. The molecule has 0 aromatic carbocycles. The zero-order chi connectivity index (χ0) is 12.5. The Hall–Kier alpha value is -2.03. The average Bonchev–Trinajstić information content (AvgIpc) is 2.82. The second-order valence-electron chi connectivity index (χ2n) is 3.43. The standard InChI is InChI=1S/C10H15N7/c1-2-17-8-13-7-10(17)9(6-11)14-4-3-5-15-16-12/h7-9,14H,2-5H2,1H3. The molecule has 7 heteroatoms. The van der Waals surface area contributed by atoms with Gasteiger partial charge in [0.25, 0.3) is 0 Å². The van der Waals surface area contributed by atoms with Crippen LogP contribution in [0.5, 0.6) is 0 Å². The van der Waals surface area contributed by atoms with Crippen LogP contribution < -0.4 is 5.32 Å². The summed E-state index contributed by atoms with van der Waals surface area (Å²) in [6.45, 7) is 3.86. The van der Waals surface area contributed by atoms with Crippen LogP contribution >= 0.6 is 0 Å². The van der Waals surface area contributed by atoms with Gasteiger partial charge in [0.1, 0.15) is 6.04 Å². The van der Waals surface area contributed by atoms with Gasteiger partial charge >= 0.3 is 0 Å². The van der Waals surface area contributed by atoms with Gasteiger partial charge in [0, 0.05) is 18.0 Å². The summed E-state index contributed by atoms with van der Waals surface area (Å²) in [7, 11) is 0. The van der Waals surface area contributed by atoms with E-state index >= 15 is 0 Å². The molecule has 0 bridgehead atoms. The molecule has 90 valence electrons. The summed E-state index contributed by atoms with van der Waals surface area (Å²) in [6, 6.07) is 1.82. The van der Waals surface area contributed by atoms with Crippen LogP contribution in [0.4, 0.5) is 0 Å². The predicted molar refractivity (Wildman–Crippen MR) is 62.9 cm³/mol. The number of hydrogen-bond donors (Lipinski definition) is 1. The number of hydrogen-bond acceptors (Lipinski definition) is 4. The fraction of sp³-hybridized carbons (Fsp3) is 0.600. The van der Waals surface area contributed by atoms with Gasteiger partial charge < -0.3 is 4.57 Å². The Morgan fingerprint density at radius 1 is 1.76 bits per heavy atom. The summed E-state index contributed by atoms with van der Waals surface area (Å²) >= 11 is 0. The predicted octanol–water partition coefficient (Wildman–Crippen LogP) is 1.76. The van der Waals surface area contributed by atoms with Crippen molar-refractivity contribution in [3.05, 3.63) is 28.7 Å². The van der Waals surface area contributed by atoms with Crippen molar-refractivity contribution < 1.29 is 0 Å². The van der Waals surface area contributed by atoms with Crippen molar-refractivity contribution in [1.82, 2.24) is 14.9 Å². The third-order valence-corrected chi connectivity index (χ3v) is 2.36. The number of aromatic nitrogens is 2. The molecule has 0 aliphatic carbocycles. The van der Waals surface area contributed by atoms with Crippen LogP contribution in [0, 0.1) is 11.3 Å². The van der Waals surface area contributed by atoms with E-state index in [2.05, 4.69) is 26.4 Å². The molecule has 17 heavy (non-hydrogen) atoms. The number of nitrogens with one attached hydrogen (secondary N) is 1. The van der Waals surface area contributed by atoms with E-state index in [1.54, 1.807) is 12.5 Å². The van der Waals surface area contributed by atoms with E-state index in [0.717, 1.165) is 12.2 Å². The Kier molecular flexibility index (Phi) is 5.58. The Morgan fingerprint density at radius 3 is 3.24 bits per heavy atom. The molecule has 0 saturated heterocycles. The van der Waals surface area contributed by atoms with Crippen LogP contribution in [0.15, 0.2) is 17.6 Å². The molecule has 0 aliphatic heterocycles. The molecule has 1 unspecified atom stereocenters. The summed E-state index contributed by atoms with van der Waals surface area (Å²) in [4.78, 5) is 6.69. The fourth-order valence-electron chi connectivity index (χ4n) is 1.49. The van der Waals surface area contributed by atoms with Crippen molar-refractivity contribution >= 4 is 0 Å². The lowest BCUT2D eigenvalue weighted by Gasteiger charge is -2.12. The van der Waals surface area contributed by atoms with Crippen molar-refractivity contribution in [2.45, 2.75) is 25.9 Å². The second kappa shape index (κ2) is 7.28. The maximum atomic E-state index is 9.08. The van der Waals surface area contributed by atoms with Gasteiger partial charge in [-0.3, -0.25) is 5.32 Å². The van der Waals surface area contributed by atoms with Gasteiger partial charge in [0.15, 0.2) is 0 Å². The summed E-state index contributed by atoms with van der Waals surface area (Å²) in [5.74, 6) is 0. The third kappa shape index (κ3) is 3.79. The van der Waals surface area contributed by atoms with E-state index in [-0.39, 0.29) is 6.04 Å².